The zero-order chi connectivity index (χ0) is 86.0. The SMILES string of the molecule is COC(=O)NCCN1CCC[C@@H](C2CN(c3cnc4c(C(F)(F)F)nn([C@H](C)c5ccc(Cl)cc5Cl)c4n3)C2)C1.COC(=O)NCCN1CCC[C@H](C2CN(c3cnc4c(C(F)(F)F)nn([C@H](C)c5ccc(Cl)cc5Cl)c4n3)C2)C1.C[C@H](c1ccc(Cl)cc1Cl)n1nc(C(F)(F)F)c2ncc(N3CC([C@@H]4CCCN(CCCS(C)(=O)=O)C4)C3)nc21. The molecule has 6 aliphatic heterocycles. The van der Waals surface area contributed by atoms with Crippen molar-refractivity contribution in [3.8, 4) is 0 Å². The van der Waals surface area contributed by atoms with Crippen LogP contribution in [0, 0.1) is 35.5 Å². The molecule has 6 atom stereocenters. The van der Waals surface area contributed by atoms with Crippen LogP contribution in [0.3, 0.4) is 0 Å². The van der Waals surface area contributed by atoms with Crippen molar-refractivity contribution in [2.75, 3.05) is 152 Å². The van der Waals surface area contributed by atoms with Crippen molar-refractivity contribution in [3.63, 3.8) is 0 Å². The van der Waals surface area contributed by atoms with E-state index in [-0.39, 0.29) is 39.2 Å². The van der Waals surface area contributed by atoms with Gasteiger partial charge in [0.2, 0.25) is 0 Å². The summed E-state index contributed by atoms with van der Waals surface area (Å²) in [6.45, 7) is 18.7. The van der Waals surface area contributed by atoms with E-state index in [1.54, 1.807) is 75.4 Å². The van der Waals surface area contributed by atoms with Crippen molar-refractivity contribution in [2.24, 2.45) is 35.5 Å². The van der Waals surface area contributed by atoms with E-state index in [4.69, 9.17) is 69.6 Å². The summed E-state index contributed by atoms with van der Waals surface area (Å²) in [5.41, 5.74) is -2.29. The average Bonchev–Trinajstić information content (AvgIpc) is 1.60. The number of nitrogens with one attached hydrogen (secondary N) is 2. The number of anilines is 3. The van der Waals surface area contributed by atoms with Crippen LogP contribution in [-0.4, -0.2) is 232 Å². The van der Waals surface area contributed by atoms with Crippen LogP contribution in [0.25, 0.3) is 33.5 Å². The first-order chi connectivity index (χ1) is 56.9. The van der Waals surface area contributed by atoms with Gasteiger partial charge in [-0.2, -0.15) is 54.8 Å². The smallest absolute Gasteiger partial charge is 0.437 e. The first kappa shape index (κ1) is 89.9. The van der Waals surface area contributed by atoms with E-state index in [9.17, 15) is 57.5 Å². The summed E-state index contributed by atoms with van der Waals surface area (Å²) in [5.74, 6) is 4.52. The Morgan fingerprint density at radius 3 is 1.02 bits per heavy atom. The number of alkyl carbamates (subject to hydrolysis) is 2. The van der Waals surface area contributed by atoms with Gasteiger partial charge in [-0.1, -0.05) is 87.8 Å². The maximum Gasteiger partial charge on any atom is 0.437 e. The second-order valence-corrected chi connectivity index (χ2v) is 36.3. The summed E-state index contributed by atoms with van der Waals surface area (Å²) < 4.78 is 161. The molecule has 26 nitrogen and oxygen atoms in total. The van der Waals surface area contributed by atoms with Crippen LogP contribution in [0.4, 0.5) is 66.6 Å². The van der Waals surface area contributed by atoms with Crippen LogP contribution in [0.2, 0.25) is 30.1 Å². The zero-order valence-electron chi connectivity index (χ0n) is 66.4. The van der Waals surface area contributed by atoms with Crippen LogP contribution >= 0.6 is 69.6 Å². The molecule has 12 heterocycles. The van der Waals surface area contributed by atoms with Gasteiger partial charge in [-0.3, -0.25) is 0 Å². The third-order valence-corrected chi connectivity index (χ3v) is 26.1. The number of amides is 2. The standard InChI is InChI=1S/2C26H30Cl2F3N7O2.C26H31Cl2F3N6O2S/c2*1-15(19-6-5-18(27)10-20(19)28)38-24-22(23(35-38)26(29,30)31)33-11-21(34-24)37-13-17(14-37)16-4-3-8-36(12-16)9-7-32-25(39)40-2;1-16(20-7-6-19(27)11-21(20)28)37-25-23(24(34-37)26(29,30)31)32-12-22(33-25)36-14-18(15-36)17-5-3-8-35(13-17)9-4-10-40(2,38)39/h2*5-6,10-11,15-17H,3-4,7-9,12-14H2,1-2H3,(H,32,39);6-7,11-12,16-18H,3-5,8-10,13-15H2,1-2H3/t15-,16+;15-,16-;16-,17-/m111/s1. The first-order valence-corrected chi connectivity index (χ1v) is 43.8. The van der Waals surface area contributed by atoms with Crippen molar-refractivity contribution >= 4 is 143 Å². The average molecular weight is 1820 g/mol. The van der Waals surface area contributed by atoms with Crippen molar-refractivity contribution in [2.45, 2.75) is 102 Å². The number of benzene rings is 3. The van der Waals surface area contributed by atoms with E-state index in [1.165, 1.54) is 53.1 Å². The van der Waals surface area contributed by atoms with Gasteiger partial charge >= 0.3 is 30.7 Å². The number of halogens is 15. The highest BCUT2D eigenvalue weighted by Gasteiger charge is 2.45. The Bertz CT molecular complexity index is 5060. The maximum atomic E-state index is 13.9. The fourth-order valence-electron chi connectivity index (χ4n) is 16.8. The number of alkyl halides is 9. The number of fused-ring (bicyclic) bond motifs is 3. The molecule has 2 N–H and O–H groups in total. The van der Waals surface area contributed by atoms with Crippen LogP contribution in [0.15, 0.2) is 73.2 Å². The Morgan fingerprint density at radius 1 is 0.458 bits per heavy atom. The Kier molecular flexibility index (Phi) is 28.3. The highest BCUT2D eigenvalue weighted by atomic mass is 35.5. The third kappa shape index (κ3) is 21.2. The van der Waals surface area contributed by atoms with E-state index in [0.717, 1.165) is 137 Å². The van der Waals surface area contributed by atoms with Crippen molar-refractivity contribution in [1.29, 1.82) is 0 Å². The van der Waals surface area contributed by atoms with Gasteiger partial charge in [-0.15, -0.1) is 0 Å². The molecule has 15 rings (SSSR count). The maximum absolute atomic E-state index is 13.9. The molecule has 0 spiro atoms. The molecule has 0 saturated carbocycles. The predicted molar refractivity (Wildman–Crippen MR) is 442 cm³/mol. The summed E-state index contributed by atoms with van der Waals surface area (Å²) in [7, 11) is -0.278. The first-order valence-electron chi connectivity index (χ1n) is 39.4. The lowest BCUT2D eigenvalue weighted by atomic mass is 9.80. The minimum atomic E-state index is -4.70. The van der Waals surface area contributed by atoms with Crippen LogP contribution in [0.1, 0.15) is 118 Å². The van der Waals surface area contributed by atoms with Crippen molar-refractivity contribution in [1.82, 2.24) is 84.6 Å². The summed E-state index contributed by atoms with van der Waals surface area (Å²) in [5, 5.41) is 19.4. The van der Waals surface area contributed by atoms with E-state index in [0.29, 0.717) is 119 Å². The number of sulfone groups is 1. The normalized spacial score (nSPS) is 19.7. The van der Waals surface area contributed by atoms with Gasteiger partial charge in [0, 0.05) is 121 Å². The second kappa shape index (κ2) is 37.7. The Hall–Kier alpha value is -7.81. The molecule has 0 radical (unpaired) electrons. The molecule has 0 aliphatic carbocycles. The Balaban J connectivity index is 0.000000156. The number of carbonyl (C=O) groups is 2. The highest BCUT2D eigenvalue weighted by molar-refractivity contribution is 7.90. The number of piperidine rings is 3. The molecule has 6 aromatic heterocycles. The van der Waals surface area contributed by atoms with Gasteiger partial charge in [0.1, 0.15) is 43.8 Å². The zero-order valence-corrected chi connectivity index (χ0v) is 71.7. The Morgan fingerprint density at radius 2 is 0.750 bits per heavy atom. The van der Waals surface area contributed by atoms with E-state index >= 15 is 0 Å². The quantitative estimate of drug-likeness (QED) is 0.0597. The Labute approximate surface area is 716 Å². The lowest BCUT2D eigenvalue weighted by Crippen LogP contribution is -2.54. The number of hydrogen-bond donors (Lipinski definition) is 2. The second-order valence-electron chi connectivity index (χ2n) is 31.5. The molecule has 0 unspecified atom stereocenters. The van der Waals surface area contributed by atoms with Crippen LogP contribution in [0.5, 0.6) is 0 Å². The number of carbonyl (C=O) groups excluding carboxylic acids is 2. The van der Waals surface area contributed by atoms with Crippen LogP contribution < -0.4 is 25.3 Å². The molecule has 9 aromatic rings. The minimum Gasteiger partial charge on any atom is -0.453 e. The molecular weight excluding hydrogens is 1730 g/mol. The minimum absolute atomic E-state index is 0.0431. The molecule has 6 fully saturated rings. The number of nitrogens with zero attached hydrogens (tertiary/aromatic N) is 18. The molecule has 120 heavy (non-hydrogen) atoms. The molecule has 42 heteroatoms. The molecule has 650 valence electrons. The summed E-state index contributed by atoms with van der Waals surface area (Å²) >= 11 is 37.1. The van der Waals surface area contributed by atoms with E-state index < -0.39 is 75.8 Å². The van der Waals surface area contributed by atoms with Gasteiger partial charge in [0.15, 0.2) is 34.0 Å². The predicted octanol–water partition coefficient (Wildman–Crippen LogP) is 15.9. The molecule has 6 aliphatic rings. The molecule has 6 saturated heterocycles. The molecule has 2 amide bonds. The van der Waals surface area contributed by atoms with Crippen molar-refractivity contribution < 1.29 is 67.0 Å². The number of rotatable bonds is 22. The third-order valence-electron chi connectivity index (χ3n) is 23.4. The summed E-state index contributed by atoms with van der Waals surface area (Å²) in [6, 6.07) is 12.6. The largest absolute Gasteiger partial charge is 0.453 e. The summed E-state index contributed by atoms with van der Waals surface area (Å²) in [4.78, 5) is 62.1. The van der Waals surface area contributed by atoms with Gasteiger partial charge in [-0.25, -0.2) is 62.0 Å². The number of likely N-dealkylation sites (tertiary alicyclic amines) is 3. The fourth-order valence-corrected chi connectivity index (χ4v) is 19.2. The molecule has 3 aromatic carbocycles. The molecule has 0 bridgehead atoms. The number of ether oxygens (including phenoxy) is 2. The van der Waals surface area contributed by atoms with Crippen LogP contribution in [-0.2, 0) is 37.8 Å². The number of aromatic nitrogens is 12. The van der Waals surface area contributed by atoms with E-state index in [2.05, 4.69) is 80.0 Å². The topological polar surface area (TPSA) is 261 Å². The summed E-state index contributed by atoms with van der Waals surface area (Å²) in [6.07, 6.45) is -2.32. The fraction of sp³-hybridized carbons (Fsp3) is 0.551. The van der Waals surface area contributed by atoms with Crippen molar-refractivity contribution in [3.05, 3.63) is 137 Å². The van der Waals surface area contributed by atoms with Gasteiger partial charge in [-0.05, 0) is 180 Å². The van der Waals surface area contributed by atoms with Gasteiger partial charge in [0.25, 0.3) is 0 Å². The number of methoxy groups -OCH3 is 2. The lowest BCUT2D eigenvalue weighted by Gasteiger charge is -2.47. The van der Waals surface area contributed by atoms with Gasteiger partial charge < -0.3 is 49.5 Å². The van der Waals surface area contributed by atoms with Gasteiger partial charge in [0.05, 0.1) is 56.7 Å². The molecular formula is C78H91Cl6F9N20O6S. The van der Waals surface area contributed by atoms with E-state index in [1.807, 2.05) is 14.7 Å². The lowest BCUT2D eigenvalue weighted by molar-refractivity contribution is -0.141. The monoisotopic (exact) mass is 1820 g/mol. The highest BCUT2D eigenvalue weighted by Crippen LogP contribution is 2.44. The number of hydrogen-bond acceptors (Lipinski definition) is 21.